The average molecular weight is 366 g/mol. The minimum atomic E-state index is -0.348. The number of anilines is 2. The summed E-state index contributed by atoms with van der Waals surface area (Å²) in [7, 11) is 0. The normalized spacial score (nSPS) is 16.4. The van der Waals surface area contributed by atoms with Gasteiger partial charge in [0.2, 0.25) is 11.8 Å². The number of hydrogen-bond acceptors (Lipinski definition) is 3. The van der Waals surface area contributed by atoms with E-state index in [0.29, 0.717) is 18.8 Å². The molecule has 1 atom stereocenters. The first-order chi connectivity index (χ1) is 13.1. The van der Waals surface area contributed by atoms with Crippen molar-refractivity contribution in [3.63, 3.8) is 0 Å². The molecule has 0 bridgehead atoms. The van der Waals surface area contributed by atoms with Crippen LogP contribution in [0.25, 0.3) is 0 Å². The van der Waals surface area contributed by atoms with Gasteiger partial charge in [-0.15, -0.1) is 0 Å². The third-order valence-electron chi connectivity index (χ3n) is 4.73. The molecule has 1 aliphatic rings. The molecule has 1 heterocycles. The number of ether oxygens (including phenoxy) is 1. The highest BCUT2D eigenvalue weighted by atomic mass is 16.5. The fourth-order valence-electron chi connectivity index (χ4n) is 3.07. The van der Waals surface area contributed by atoms with Crippen LogP contribution in [-0.2, 0) is 9.59 Å². The highest BCUT2D eigenvalue weighted by Crippen LogP contribution is 2.26. The lowest BCUT2D eigenvalue weighted by Crippen LogP contribution is -2.28. The van der Waals surface area contributed by atoms with Crippen molar-refractivity contribution in [1.29, 1.82) is 0 Å². The number of aryl methyl sites for hydroxylation is 1. The van der Waals surface area contributed by atoms with Crippen molar-refractivity contribution >= 4 is 23.2 Å². The van der Waals surface area contributed by atoms with E-state index in [1.165, 1.54) is 0 Å². The number of benzene rings is 2. The average Bonchev–Trinajstić information content (AvgIpc) is 3.06. The second kappa shape index (κ2) is 8.71. The monoisotopic (exact) mass is 366 g/mol. The van der Waals surface area contributed by atoms with Crippen molar-refractivity contribution in [3.05, 3.63) is 54.1 Å². The van der Waals surface area contributed by atoms with E-state index in [2.05, 4.69) is 12.2 Å². The molecular weight excluding hydrogens is 340 g/mol. The SMILES string of the molecule is CCCCOc1ccc(NC(=O)[C@@H]2CC(=O)N(c3ccc(C)cc3)C2)cc1. The zero-order chi connectivity index (χ0) is 19.2. The van der Waals surface area contributed by atoms with Gasteiger partial charge in [-0.05, 0) is 49.7 Å². The number of nitrogens with zero attached hydrogens (tertiary/aromatic N) is 1. The van der Waals surface area contributed by atoms with Gasteiger partial charge in [0.05, 0.1) is 12.5 Å². The molecule has 2 aromatic rings. The summed E-state index contributed by atoms with van der Waals surface area (Å²) >= 11 is 0. The van der Waals surface area contributed by atoms with Crippen LogP contribution >= 0.6 is 0 Å². The molecule has 0 unspecified atom stereocenters. The van der Waals surface area contributed by atoms with Crippen LogP contribution in [0.3, 0.4) is 0 Å². The van der Waals surface area contributed by atoms with E-state index in [0.717, 1.165) is 29.8 Å². The first-order valence-corrected chi connectivity index (χ1v) is 9.47. The molecule has 2 amide bonds. The van der Waals surface area contributed by atoms with Gasteiger partial charge in [0.25, 0.3) is 0 Å². The van der Waals surface area contributed by atoms with Gasteiger partial charge in [-0.25, -0.2) is 0 Å². The van der Waals surface area contributed by atoms with Crippen molar-refractivity contribution in [2.75, 3.05) is 23.4 Å². The molecular formula is C22H26N2O3. The molecule has 27 heavy (non-hydrogen) atoms. The van der Waals surface area contributed by atoms with Crippen LogP contribution in [0.15, 0.2) is 48.5 Å². The van der Waals surface area contributed by atoms with E-state index < -0.39 is 0 Å². The quantitative estimate of drug-likeness (QED) is 0.749. The smallest absolute Gasteiger partial charge is 0.229 e. The maximum atomic E-state index is 12.6. The lowest BCUT2D eigenvalue weighted by atomic mass is 10.1. The van der Waals surface area contributed by atoms with Crippen molar-refractivity contribution < 1.29 is 14.3 Å². The molecule has 1 aliphatic heterocycles. The predicted octanol–water partition coefficient (Wildman–Crippen LogP) is 4.17. The number of unbranched alkanes of at least 4 members (excludes halogenated alkanes) is 1. The molecule has 5 heteroatoms. The Balaban J connectivity index is 1.57. The summed E-state index contributed by atoms with van der Waals surface area (Å²) in [6.07, 6.45) is 2.34. The number of nitrogens with one attached hydrogen (secondary N) is 1. The van der Waals surface area contributed by atoms with Gasteiger partial charge >= 0.3 is 0 Å². The topological polar surface area (TPSA) is 58.6 Å². The largest absolute Gasteiger partial charge is 0.494 e. The van der Waals surface area contributed by atoms with E-state index in [1.54, 1.807) is 4.90 Å². The number of carbonyl (C=O) groups excluding carboxylic acids is 2. The molecule has 0 aliphatic carbocycles. The lowest BCUT2D eigenvalue weighted by Gasteiger charge is -2.17. The Labute approximate surface area is 160 Å². The minimum absolute atomic E-state index is 0.0151. The lowest BCUT2D eigenvalue weighted by molar-refractivity contribution is -0.122. The summed E-state index contributed by atoms with van der Waals surface area (Å²) < 4.78 is 5.63. The Morgan fingerprint density at radius 2 is 1.85 bits per heavy atom. The van der Waals surface area contributed by atoms with Gasteiger partial charge in [0.15, 0.2) is 0 Å². The van der Waals surface area contributed by atoms with E-state index in [9.17, 15) is 9.59 Å². The number of rotatable bonds is 7. The molecule has 0 spiro atoms. The fraction of sp³-hybridized carbons (Fsp3) is 0.364. The Morgan fingerprint density at radius 3 is 2.52 bits per heavy atom. The molecule has 2 aromatic carbocycles. The maximum absolute atomic E-state index is 12.6. The maximum Gasteiger partial charge on any atom is 0.229 e. The van der Waals surface area contributed by atoms with E-state index in [-0.39, 0.29) is 24.2 Å². The van der Waals surface area contributed by atoms with Crippen molar-refractivity contribution in [1.82, 2.24) is 0 Å². The Bertz CT molecular complexity index is 784. The van der Waals surface area contributed by atoms with Crippen LogP contribution in [0.2, 0.25) is 0 Å². The second-order valence-electron chi connectivity index (χ2n) is 6.96. The fourth-order valence-corrected chi connectivity index (χ4v) is 3.07. The van der Waals surface area contributed by atoms with Gasteiger partial charge < -0.3 is 15.0 Å². The standard InChI is InChI=1S/C22H26N2O3/c1-3-4-13-27-20-11-7-18(8-12-20)23-22(26)17-14-21(25)24(15-17)19-9-5-16(2)6-10-19/h5-12,17H,3-4,13-15H2,1-2H3,(H,23,26)/t17-/m1/s1. The van der Waals surface area contributed by atoms with Crippen molar-refractivity contribution in [2.45, 2.75) is 33.1 Å². The number of carbonyl (C=O) groups is 2. The third kappa shape index (κ3) is 4.88. The van der Waals surface area contributed by atoms with E-state index in [4.69, 9.17) is 4.74 Å². The summed E-state index contributed by atoms with van der Waals surface area (Å²) in [5, 5.41) is 2.91. The molecule has 142 valence electrons. The summed E-state index contributed by atoms with van der Waals surface area (Å²) in [5.74, 6) is 0.304. The van der Waals surface area contributed by atoms with Gasteiger partial charge in [-0.2, -0.15) is 0 Å². The minimum Gasteiger partial charge on any atom is -0.494 e. The van der Waals surface area contributed by atoms with Crippen LogP contribution in [0.4, 0.5) is 11.4 Å². The van der Waals surface area contributed by atoms with Gasteiger partial charge in [-0.1, -0.05) is 31.0 Å². The second-order valence-corrected chi connectivity index (χ2v) is 6.96. The zero-order valence-corrected chi connectivity index (χ0v) is 15.9. The van der Waals surface area contributed by atoms with Crippen LogP contribution in [0, 0.1) is 12.8 Å². The molecule has 0 saturated carbocycles. The van der Waals surface area contributed by atoms with Crippen molar-refractivity contribution in [2.24, 2.45) is 5.92 Å². The van der Waals surface area contributed by atoms with Crippen molar-refractivity contribution in [3.8, 4) is 5.75 Å². The number of hydrogen-bond donors (Lipinski definition) is 1. The zero-order valence-electron chi connectivity index (χ0n) is 15.9. The Hall–Kier alpha value is -2.82. The van der Waals surface area contributed by atoms with Crippen LogP contribution in [0.1, 0.15) is 31.7 Å². The summed E-state index contributed by atoms with van der Waals surface area (Å²) in [6, 6.07) is 15.1. The molecule has 1 saturated heterocycles. The highest BCUT2D eigenvalue weighted by Gasteiger charge is 2.35. The summed E-state index contributed by atoms with van der Waals surface area (Å²) in [5.41, 5.74) is 2.69. The Kier molecular flexibility index (Phi) is 6.12. The Morgan fingerprint density at radius 1 is 1.15 bits per heavy atom. The molecule has 0 radical (unpaired) electrons. The summed E-state index contributed by atoms with van der Waals surface area (Å²) in [6.45, 7) is 5.23. The molecule has 5 nitrogen and oxygen atoms in total. The van der Waals surface area contributed by atoms with E-state index >= 15 is 0 Å². The molecule has 3 rings (SSSR count). The van der Waals surface area contributed by atoms with Crippen LogP contribution in [0.5, 0.6) is 5.75 Å². The van der Waals surface area contributed by atoms with Gasteiger partial charge in [0, 0.05) is 24.3 Å². The summed E-state index contributed by atoms with van der Waals surface area (Å²) in [4.78, 5) is 26.6. The van der Waals surface area contributed by atoms with Crippen LogP contribution < -0.4 is 15.0 Å². The first-order valence-electron chi connectivity index (χ1n) is 9.47. The molecule has 1 N–H and O–H groups in total. The highest BCUT2D eigenvalue weighted by molar-refractivity contribution is 6.03. The third-order valence-corrected chi connectivity index (χ3v) is 4.73. The van der Waals surface area contributed by atoms with Crippen LogP contribution in [-0.4, -0.2) is 25.0 Å². The molecule has 0 aromatic heterocycles. The predicted molar refractivity (Wildman–Crippen MR) is 107 cm³/mol. The number of amides is 2. The van der Waals surface area contributed by atoms with E-state index in [1.807, 2.05) is 55.5 Å². The van der Waals surface area contributed by atoms with Gasteiger partial charge in [-0.3, -0.25) is 9.59 Å². The van der Waals surface area contributed by atoms with Gasteiger partial charge in [0.1, 0.15) is 5.75 Å². The molecule has 1 fully saturated rings. The first kappa shape index (κ1) is 19.0.